The zero-order valence-corrected chi connectivity index (χ0v) is 31.5. The Balaban J connectivity index is 2.43. The Kier molecular flexibility index (Phi) is 29.7. The summed E-state index contributed by atoms with van der Waals surface area (Å²) in [5, 5.41) is 53.9. The molecule has 290 valence electrons. The first-order valence-electron chi connectivity index (χ1n) is 20.4. The molecule has 0 unspecified atom stereocenters. The predicted molar refractivity (Wildman–Crippen MR) is 198 cm³/mol. The number of aliphatic hydroxyl groups is 5. The molecule has 0 radical (unpaired) electrons. The topological polar surface area (TPSA) is 149 Å². The molecule has 0 aromatic carbocycles. The number of carbonyl (C=O) groups excluding carboxylic acids is 1. The van der Waals surface area contributed by atoms with Crippen LogP contribution < -0.4 is 5.32 Å². The molecule has 1 aliphatic rings. The number of aliphatic hydroxyl groups excluding tert-OH is 5. The van der Waals surface area contributed by atoms with E-state index in [1.807, 2.05) is 6.08 Å². The van der Waals surface area contributed by atoms with E-state index in [0.29, 0.717) is 6.42 Å². The highest BCUT2D eigenvalue weighted by Gasteiger charge is 2.44. The molecular formula is C40H77NO8. The van der Waals surface area contributed by atoms with Crippen LogP contribution in [0.5, 0.6) is 0 Å². The monoisotopic (exact) mass is 700 g/mol. The molecule has 6 N–H and O–H groups in total. The normalized spacial score (nSPS) is 22.5. The number of rotatable bonds is 33. The number of nitrogens with one attached hydrogen (secondary N) is 1. The molecule has 0 saturated carbocycles. The first-order chi connectivity index (χ1) is 23.8. The van der Waals surface area contributed by atoms with Gasteiger partial charge in [-0.2, -0.15) is 0 Å². The molecule has 1 fully saturated rings. The van der Waals surface area contributed by atoms with E-state index in [9.17, 15) is 30.3 Å². The van der Waals surface area contributed by atoms with E-state index in [-0.39, 0.29) is 12.5 Å². The van der Waals surface area contributed by atoms with E-state index in [1.54, 1.807) is 6.08 Å². The second-order valence-electron chi connectivity index (χ2n) is 14.4. The third-order valence-electron chi connectivity index (χ3n) is 9.86. The largest absolute Gasteiger partial charge is 0.394 e. The molecule has 7 atom stereocenters. The summed E-state index contributed by atoms with van der Waals surface area (Å²) in [5.41, 5.74) is 0. The zero-order chi connectivity index (χ0) is 36.0. The number of hydrogen-bond acceptors (Lipinski definition) is 8. The number of unbranched alkanes of at least 4 members (excludes halogenated alkanes) is 23. The Morgan fingerprint density at radius 1 is 0.673 bits per heavy atom. The van der Waals surface area contributed by atoms with Gasteiger partial charge in [-0.15, -0.1) is 0 Å². The van der Waals surface area contributed by atoms with Crippen LogP contribution in [-0.2, 0) is 14.3 Å². The van der Waals surface area contributed by atoms with Gasteiger partial charge in [0.1, 0.15) is 24.4 Å². The average molecular weight is 700 g/mol. The molecule has 1 amide bonds. The van der Waals surface area contributed by atoms with Crippen molar-refractivity contribution in [2.75, 3.05) is 13.2 Å². The Morgan fingerprint density at radius 3 is 1.59 bits per heavy atom. The van der Waals surface area contributed by atoms with Crippen molar-refractivity contribution in [3.63, 3.8) is 0 Å². The fraction of sp³-hybridized carbons (Fsp3) is 0.925. The standard InChI is InChI=1S/C40H77NO8/c1-3-5-7-9-11-13-15-17-19-21-23-25-27-29-34(43)33(32-48-40-39(47)38(46)37(45)35(31-42)49-40)41-36(44)30-28-26-24-22-20-18-16-14-12-10-8-6-4-2/h27,29,33-35,37-40,42-43,45-47H,3-26,28,30-32H2,1-2H3,(H,41,44)/b29-27+/t33-,34+,35+,37+,38-,39+,40-/m0/s1. The number of ether oxygens (including phenoxy) is 2. The van der Waals surface area contributed by atoms with Crippen LogP contribution in [0.1, 0.15) is 181 Å². The van der Waals surface area contributed by atoms with Gasteiger partial charge >= 0.3 is 0 Å². The van der Waals surface area contributed by atoms with Crippen molar-refractivity contribution >= 4 is 5.91 Å². The van der Waals surface area contributed by atoms with Crippen molar-refractivity contribution in [1.82, 2.24) is 5.32 Å². The van der Waals surface area contributed by atoms with Crippen molar-refractivity contribution < 1.29 is 39.8 Å². The summed E-state index contributed by atoms with van der Waals surface area (Å²) in [6, 6.07) is -0.796. The smallest absolute Gasteiger partial charge is 0.220 e. The molecule has 0 spiro atoms. The van der Waals surface area contributed by atoms with Crippen LogP contribution >= 0.6 is 0 Å². The second kappa shape index (κ2) is 31.6. The number of amides is 1. The van der Waals surface area contributed by atoms with Gasteiger partial charge in [0, 0.05) is 6.42 Å². The quantitative estimate of drug-likeness (QED) is 0.0307. The highest BCUT2D eigenvalue weighted by Crippen LogP contribution is 2.22. The van der Waals surface area contributed by atoms with Gasteiger partial charge in [0.15, 0.2) is 6.29 Å². The van der Waals surface area contributed by atoms with Gasteiger partial charge in [-0.25, -0.2) is 0 Å². The SMILES string of the molecule is CCCCCCCCCCCCC/C=C/[C@@H](O)[C@H](CO[C@H]1O[C@H](CO)[C@@H](O)[C@H](O)[C@H]1O)NC(=O)CCCCCCCCCCCCCCC. The minimum atomic E-state index is -1.56. The van der Waals surface area contributed by atoms with Crippen LogP contribution in [-0.4, -0.2) is 87.5 Å². The average Bonchev–Trinajstić information content (AvgIpc) is 3.10. The second-order valence-corrected chi connectivity index (χ2v) is 14.4. The molecule has 9 nitrogen and oxygen atoms in total. The first kappa shape index (κ1) is 46.0. The number of allylic oxidation sites excluding steroid dienone is 1. The fourth-order valence-corrected chi connectivity index (χ4v) is 6.51. The van der Waals surface area contributed by atoms with E-state index >= 15 is 0 Å². The van der Waals surface area contributed by atoms with E-state index in [4.69, 9.17) is 9.47 Å². The minimum Gasteiger partial charge on any atom is -0.394 e. The van der Waals surface area contributed by atoms with Crippen LogP contribution in [0.2, 0.25) is 0 Å². The van der Waals surface area contributed by atoms with Gasteiger partial charge in [0.05, 0.1) is 25.4 Å². The van der Waals surface area contributed by atoms with E-state index in [0.717, 1.165) is 38.5 Å². The third-order valence-corrected chi connectivity index (χ3v) is 9.86. The number of carbonyl (C=O) groups is 1. The first-order valence-corrected chi connectivity index (χ1v) is 20.4. The minimum absolute atomic E-state index is 0.178. The summed E-state index contributed by atoms with van der Waals surface area (Å²) >= 11 is 0. The van der Waals surface area contributed by atoms with Crippen molar-refractivity contribution in [3.05, 3.63) is 12.2 Å². The fourth-order valence-electron chi connectivity index (χ4n) is 6.51. The molecule has 1 saturated heterocycles. The summed E-state index contributed by atoms with van der Waals surface area (Å²) in [6.07, 6.45) is 26.7. The van der Waals surface area contributed by atoms with E-state index in [1.165, 1.54) is 122 Å². The van der Waals surface area contributed by atoms with Crippen LogP contribution in [0.3, 0.4) is 0 Å². The third kappa shape index (κ3) is 23.2. The molecule has 1 aliphatic heterocycles. The highest BCUT2D eigenvalue weighted by atomic mass is 16.7. The highest BCUT2D eigenvalue weighted by molar-refractivity contribution is 5.76. The summed E-state index contributed by atoms with van der Waals surface area (Å²) in [5.74, 6) is -0.178. The summed E-state index contributed by atoms with van der Waals surface area (Å²) in [7, 11) is 0. The molecule has 1 heterocycles. The lowest BCUT2D eigenvalue weighted by atomic mass is 9.99. The van der Waals surface area contributed by atoms with E-state index in [2.05, 4.69) is 19.2 Å². The van der Waals surface area contributed by atoms with Crippen LogP contribution in [0.4, 0.5) is 0 Å². The zero-order valence-electron chi connectivity index (χ0n) is 31.5. The number of hydrogen-bond donors (Lipinski definition) is 6. The van der Waals surface area contributed by atoms with Gasteiger partial charge in [-0.3, -0.25) is 4.79 Å². The van der Waals surface area contributed by atoms with Gasteiger partial charge in [-0.05, 0) is 19.3 Å². The lowest BCUT2D eigenvalue weighted by molar-refractivity contribution is -0.302. The van der Waals surface area contributed by atoms with Gasteiger partial charge < -0.3 is 40.3 Å². The lowest BCUT2D eigenvalue weighted by Crippen LogP contribution is -2.60. The van der Waals surface area contributed by atoms with Crippen molar-refractivity contribution in [2.24, 2.45) is 0 Å². The molecule has 0 bridgehead atoms. The Bertz CT molecular complexity index is 781. The molecule has 0 aliphatic carbocycles. The summed E-state index contributed by atoms with van der Waals surface area (Å²) in [6.45, 7) is 3.75. The van der Waals surface area contributed by atoms with Crippen LogP contribution in [0.25, 0.3) is 0 Å². The molecule has 49 heavy (non-hydrogen) atoms. The van der Waals surface area contributed by atoms with Crippen molar-refractivity contribution in [2.45, 2.75) is 224 Å². The maximum atomic E-state index is 12.9. The predicted octanol–water partition coefficient (Wildman–Crippen LogP) is 7.39. The Hall–Kier alpha value is -1.07. The van der Waals surface area contributed by atoms with Crippen LogP contribution in [0.15, 0.2) is 12.2 Å². The van der Waals surface area contributed by atoms with Crippen LogP contribution in [0, 0.1) is 0 Å². The van der Waals surface area contributed by atoms with Crippen molar-refractivity contribution in [3.8, 4) is 0 Å². The molecule has 0 aromatic heterocycles. The van der Waals surface area contributed by atoms with Crippen molar-refractivity contribution in [1.29, 1.82) is 0 Å². The molecule has 0 aromatic rings. The molecular weight excluding hydrogens is 622 g/mol. The van der Waals surface area contributed by atoms with Gasteiger partial charge in [0.25, 0.3) is 0 Å². The molecule has 1 rings (SSSR count). The lowest BCUT2D eigenvalue weighted by Gasteiger charge is -2.40. The van der Waals surface area contributed by atoms with E-state index < -0.39 is 49.5 Å². The maximum Gasteiger partial charge on any atom is 0.220 e. The molecule has 9 heteroatoms. The maximum absolute atomic E-state index is 12.9. The Labute approximate surface area is 299 Å². The Morgan fingerprint density at radius 2 is 1.12 bits per heavy atom. The van der Waals surface area contributed by atoms with Gasteiger partial charge in [0.2, 0.25) is 5.91 Å². The summed E-state index contributed by atoms with van der Waals surface area (Å²) in [4.78, 5) is 12.9. The van der Waals surface area contributed by atoms with Gasteiger partial charge in [-0.1, -0.05) is 167 Å². The summed E-state index contributed by atoms with van der Waals surface area (Å²) < 4.78 is 11.2.